The van der Waals surface area contributed by atoms with Crippen LogP contribution in [0.2, 0.25) is 0 Å². The lowest BCUT2D eigenvalue weighted by molar-refractivity contribution is -0.130. The number of carbonyl (C=O) groups is 1. The Kier molecular flexibility index (Phi) is 3.22. The first-order valence-corrected chi connectivity index (χ1v) is 5.38. The molecule has 0 unspecified atom stereocenters. The lowest BCUT2D eigenvalue weighted by atomic mass is 10.0. The summed E-state index contributed by atoms with van der Waals surface area (Å²) in [5, 5.41) is 5.90. The molecule has 0 saturated carbocycles. The maximum atomic E-state index is 11.5. The fraction of sp³-hybridized carbons (Fsp3) is 0.417. The molecule has 1 aliphatic rings. The van der Waals surface area contributed by atoms with Crippen molar-refractivity contribution < 1.29 is 9.53 Å². The van der Waals surface area contributed by atoms with Crippen LogP contribution in [0.5, 0.6) is 0 Å². The van der Waals surface area contributed by atoms with E-state index in [0.717, 1.165) is 18.8 Å². The van der Waals surface area contributed by atoms with Crippen LogP contribution in [-0.2, 0) is 9.53 Å². The van der Waals surface area contributed by atoms with Crippen LogP contribution >= 0.6 is 0 Å². The van der Waals surface area contributed by atoms with Crippen molar-refractivity contribution in [3.63, 3.8) is 0 Å². The lowest BCUT2D eigenvalue weighted by Gasteiger charge is -2.38. The molecule has 1 fully saturated rings. The third-order valence-corrected chi connectivity index (χ3v) is 2.61. The van der Waals surface area contributed by atoms with E-state index in [4.69, 9.17) is 4.74 Å². The van der Waals surface area contributed by atoms with Crippen molar-refractivity contribution >= 4 is 11.6 Å². The number of hydrogen-bond donors (Lipinski definition) is 2. The van der Waals surface area contributed by atoms with Crippen LogP contribution in [0.15, 0.2) is 30.3 Å². The Hall–Kier alpha value is -1.39. The van der Waals surface area contributed by atoms with Crippen LogP contribution in [0.3, 0.4) is 0 Å². The molecule has 2 rings (SSSR count). The summed E-state index contributed by atoms with van der Waals surface area (Å²) in [4.78, 5) is 11.5. The normalized spacial score (nSPS) is 17.6. The Morgan fingerprint density at radius 1 is 1.44 bits per heavy atom. The fourth-order valence-corrected chi connectivity index (χ4v) is 1.54. The molecule has 16 heavy (non-hydrogen) atoms. The van der Waals surface area contributed by atoms with Crippen molar-refractivity contribution in [3.05, 3.63) is 30.3 Å². The van der Waals surface area contributed by atoms with E-state index in [1.54, 1.807) is 0 Å². The highest BCUT2D eigenvalue weighted by molar-refractivity contribution is 5.91. The number of anilines is 1. The molecule has 1 heterocycles. The van der Waals surface area contributed by atoms with Crippen LogP contribution in [0.4, 0.5) is 5.69 Å². The Bertz CT molecular complexity index is 361. The average molecular weight is 220 g/mol. The molecular formula is C12H16N2O2. The van der Waals surface area contributed by atoms with E-state index in [1.807, 2.05) is 37.3 Å². The highest BCUT2D eigenvalue weighted by atomic mass is 16.5. The molecule has 86 valence electrons. The molecule has 1 amide bonds. The summed E-state index contributed by atoms with van der Waals surface area (Å²) in [6, 6.07) is 9.38. The van der Waals surface area contributed by atoms with Gasteiger partial charge in [0.25, 0.3) is 0 Å². The molecule has 0 bridgehead atoms. The van der Waals surface area contributed by atoms with Gasteiger partial charge in [-0.2, -0.15) is 0 Å². The van der Waals surface area contributed by atoms with Crippen molar-refractivity contribution in [3.8, 4) is 0 Å². The number of rotatable bonds is 4. The summed E-state index contributed by atoms with van der Waals surface area (Å²) < 4.78 is 5.52. The second kappa shape index (κ2) is 4.63. The molecule has 0 spiro atoms. The van der Waals surface area contributed by atoms with Gasteiger partial charge in [0.15, 0.2) is 0 Å². The quantitative estimate of drug-likeness (QED) is 0.796. The van der Waals surface area contributed by atoms with Crippen LogP contribution in [0.1, 0.15) is 6.92 Å². The second-order valence-electron chi connectivity index (χ2n) is 4.26. The number of para-hydroxylation sites is 1. The van der Waals surface area contributed by atoms with Crippen molar-refractivity contribution in [1.82, 2.24) is 5.32 Å². The van der Waals surface area contributed by atoms with Gasteiger partial charge in [0.05, 0.1) is 5.60 Å². The van der Waals surface area contributed by atoms with Gasteiger partial charge in [-0.3, -0.25) is 4.79 Å². The minimum atomic E-state index is -0.173. The second-order valence-corrected chi connectivity index (χ2v) is 4.26. The highest BCUT2D eigenvalue weighted by Gasteiger charge is 2.32. The van der Waals surface area contributed by atoms with Gasteiger partial charge in [-0.1, -0.05) is 18.2 Å². The van der Waals surface area contributed by atoms with Gasteiger partial charge in [0.2, 0.25) is 5.91 Å². The Morgan fingerprint density at radius 2 is 2.12 bits per heavy atom. The molecular weight excluding hydrogens is 204 g/mol. The molecule has 0 atom stereocenters. The molecule has 1 aromatic carbocycles. The number of ether oxygens (including phenoxy) is 1. The average Bonchev–Trinajstić information content (AvgIpc) is 2.25. The topological polar surface area (TPSA) is 50.4 Å². The minimum absolute atomic E-state index is 0.104. The zero-order valence-corrected chi connectivity index (χ0v) is 9.32. The van der Waals surface area contributed by atoms with Crippen molar-refractivity contribution in [1.29, 1.82) is 0 Å². The predicted octanol–water partition coefficient (Wildman–Crippen LogP) is 1.00. The molecule has 1 aromatic rings. The number of hydrogen-bond acceptors (Lipinski definition) is 3. The van der Waals surface area contributed by atoms with E-state index in [9.17, 15) is 4.79 Å². The van der Waals surface area contributed by atoms with Crippen molar-refractivity contribution in [2.75, 3.05) is 25.0 Å². The number of amides is 1. The van der Waals surface area contributed by atoms with E-state index in [2.05, 4.69) is 10.6 Å². The summed E-state index contributed by atoms with van der Waals surface area (Å²) in [6.07, 6.45) is 0. The number of benzene rings is 1. The zero-order chi connectivity index (χ0) is 11.4. The van der Waals surface area contributed by atoms with Gasteiger partial charge in [0.1, 0.15) is 6.61 Å². The first-order chi connectivity index (χ1) is 7.68. The molecule has 2 N–H and O–H groups in total. The zero-order valence-electron chi connectivity index (χ0n) is 9.32. The molecule has 1 saturated heterocycles. The summed E-state index contributed by atoms with van der Waals surface area (Å²) >= 11 is 0. The van der Waals surface area contributed by atoms with Crippen molar-refractivity contribution in [2.24, 2.45) is 0 Å². The van der Waals surface area contributed by atoms with Gasteiger partial charge in [-0.15, -0.1) is 0 Å². The maximum Gasteiger partial charge on any atom is 0.250 e. The van der Waals surface area contributed by atoms with E-state index in [1.165, 1.54) is 0 Å². The van der Waals surface area contributed by atoms with E-state index < -0.39 is 0 Å². The first-order valence-electron chi connectivity index (χ1n) is 5.38. The standard InChI is InChI=1S/C12H16N2O2/c1-12(8-13-9-12)16-7-11(15)14-10-5-3-2-4-6-10/h2-6,13H,7-9H2,1H3,(H,14,15). The monoisotopic (exact) mass is 220 g/mol. The Balaban J connectivity index is 1.76. The molecule has 0 aromatic heterocycles. The highest BCUT2D eigenvalue weighted by Crippen LogP contribution is 2.15. The SMILES string of the molecule is CC1(OCC(=O)Nc2ccccc2)CNC1. The third-order valence-electron chi connectivity index (χ3n) is 2.61. The van der Waals surface area contributed by atoms with Crippen LogP contribution in [0.25, 0.3) is 0 Å². The third kappa shape index (κ3) is 2.81. The Morgan fingerprint density at radius 3 is 2.69 bits per heavy atom. The molecule has 1 aliphatic heterocycles. The summed E-state index contributed by atoms with van der Waals surface area (Å²) in [6.45, 7) is 3.73. The van der Waals surface area contributed by atoms with Crippen LogP contribution in [-0.4, -0.2) is 31.2 Å². The summed E-state index contributed by atoms with van der Waals surface area (Å²) in [5.41, 5.74) is 0.626. The largest absolute Gasteiger partial charge is 0.363 e. The molecule has 0 aliphatic carbocycles. The first kappa shape index (κ1) is 11.1. The predicted molar refractivity (Wildman–Crippen MR) is 62.3 cm³/mol. The number of carbonyl (C=O) groups excluding carboxylic acids is 1. The van der Waals surface area contributed by atoms with Crippen LogP contribution < -0.4 is 10.6 Å². The molecule has 4 nitrogen and oxygen atoms in total. The summed E-state index contributed by atoms with van der Waals surface area (Å²) in [5.74, 6) is -0.112. The Labute approximate surface area is 95.0 Å². The molecule has 0 radical (unpaired) electrons. The minimum Gasteiger partial charge on any atom is -0.363 e. The summed E-state index contributed by atoms with van der Waals surface area (Å²) in [7, 11) is 0. The van der Waals surface area contributed by atoms with E-state index >= 15 is 0 Å². The van der Waals surface area contributed by atoms with Gasteiger partial charge >= 0.3 is 0 Å². The maximum absolute atomic E-state index is 11.5. The fourth-order valence-electron chi connectivity index (χ4n) is 1.54. The number of nitrogens with one attached hydrogen (secondary N) is 2. The molecule has 4 heteroatoms. The van der Waals surface area contributed by atoms with Crippen molar-refractivity contribution in [2.45, 2.75) is 12.5 Å². The van der Waals surface area contributed by atoms with Gasteiger partial charge < -0.3 is 15.4 Å². The lowest BCUT2D eigenvalue weighted by Crippen LogP contribution is -2.59. The smallest absolute Gasteiger partial charge is 0.250 e. The van der Waals surface area contributed by atoms with Gasteiger partial charge in [-0.05, 0) is 19.1 Å². The van der Waals surface area contributed by atoms with Gasteiger partial charge in [0, 0.05) is 18.8 Å². The van der Waals surface area contributed by atoms with Gasteiger partial charge in [-0.25, -0.2) is 0 Å². The van der Waals surface area contributed by atoms with Crippen LogP contribution in [0, 0.1) is 0 Å². The van der Waals surface area contributed by atoms with E-state index in [0.29, 0.717) is 0 Å². The van der Waals surface area contributed by atoms with E-state index in [-0.39, 0.29) is 18.1 Å².